The molecule has 1 heterocycles. The van der Waals surface area contributed by atoms with Crippen molar-refractivity contribution in [1.29, 1.82) is 0 Å². The molecule has 31 heavy (non-hydrogen) atoms. The van der Waals surface area contributed by atoms with Crippen LogP contribution in [0.3, 0.4) is 0 Å². The van der Waals surface area contributed by atoms with Crippen LogP contribution in [0.5, 0.6) is 0 Å². The van der Waals surface area contributed by atoms with Crippen LogP contribution in [0.25, 0.3) is 10.8 Å². The molecular weight excluding hydrogens is 398 g/mol. The van der Waals surface area contributed by atoms with Crippen molar-refractivity contribution in [3.63, 3.8) is 0 Å². The van der Waals surface area contributed by atoms with Gasteiger partial charge in [0.1, 0.15) is 6.04 Å². The SMILES string of the molecule is CC(C)C(C(=O)Nc1ccc([N+](=O)[O-])cc1)N1C(=O)c2cccc3cccc(c23)C1=O. The molecule has 0 saturated carbocycles. The Labute approximate surface area is 177 Å². The Bertz CT molecular complexity index is 1180. The molecule has 8 heteroatoms. The monoisotopic (exact) mass is 417 g/mol. The standard InChI is InChI=1S/C23H19N3O5/c1-13(2)20(21(27)24-15-9-11-16(12-10-15)26(30)31)25-22(28)17-7-3-5-14-6-4-8-18(19(14)17)23(25)29/h3-13,20H,1-2H3,(H,24,27). The highest BCUT2D eigenvalue weighted by Crippen LogP contribution is 2.32. The summed E-state index contributed by atoms with van der Waals surface area (Å²) in [7, 11) is 0. The number of carbonyl (C=O) groups excluding carboxylic acids is 3. The summed E-state index contributed by atoms with van der Waals surface area (Å²) >= 11 is 0. The maximum absolute atomic E-state index is 13.3. The van der Waals surface area contributed by atoms with E-state index in [4.69, 9.17) is 0 Å². The second-order valence-electron chi connectivity index (χ2n) is 7.67. The van der Waals surface area contributed by atoms with Gasteiger partial charge in [0.05, 0.1) is 4.92 Å². The number of nitro groups is 1. The van der Waals surface area contributed by atoms with Crippen LogP contribution in [-0.4, -0.2) is 33.6 Å². The summed E-state index contributed by atoms with van der Waals surface area (Å²) in [5.41, 5.74) is 0.980. The molecule has 0 aromatic heterocycles. The predicted octanol–water partition coefficient (Wildman–Crippen LogP) is 4.01. The number of nitrogens with one attached hydrogen (secondary N) is 1. The van der Waals surface area contributed by atoms with Crippen molar-refractivity contribution >= 4 is 39.9 Å². The van der Waals surface area contributed by atoms with Gasteiger partial charge in [-0.2, -0.15) is 0 Å². The van der Waals surface area contributed by atoms with Gasteiger partial charge in [0.15, 0.2) is 0 Å². The molecule has 0 aliphatic carbocycles. The minimum absolute atomic E-state index is 0.107. The average molecular weight is 417 g/mol. The van der Waals surface area contributed by atoms with Gasteiger partial charge in [0.2, 0.25) is 5.91 Å². The maximum Gasteiger partial charge on any atom is 0.269 e. The summed E-state index contributed by atoms with van der Waals surface area (Å²) in [5, 5.41) is 14.9. The van der Waals surface area contributed by atoms with E-state index in [9.17, 15) is 24.5 Å². The number of rotatable bonds is 5. The van der Waals surface area contributed by atoms with Gasteiger partial charge in [0.25, 0.3) is 17.5 Å². The van der Waals surface area contributed by atoms with Crippen molar-refractivity contribution in [3.05, 3.63) is 81.9 Å². The third-order valence-electron chi connectivity index (χ3n) is 5.33. The lowest BCUT2D eigenvalue weighted by Crippen LogP contribution is -2.54. The van der Waals surface area contributed by atoms with Gasteiger partial charge in [-0.25, -0.2) is 0 Å². The van der Waals surface area contributed by atoms with E-state index in [-0.39, 0.29) is 11.6 Å². The van der Waals surface area contributed by atoms with Crippen molar-refractivity contribution in [1.82, 2.24) is 4.90 Å². The minimum atomic E-state index is -1.06. The van der Waals surface area contributed by atoms with Gasteiger partial charge in [-0.05, 0) is 35.6 Å². The Kier molecular flexibility index (Phi) is 4.98. The molecule has 3 aromatic carbocycles. The number of anilines is 1. The minimum Gasteiger partial charge on any atom is -0.324 e. The van der Waals surface area contributed by atoms with E-state index >= 15 is 0 Å². The molecule has 4 rings (SSSR count). The van der Waals surface area contributed by atoms with Gasteiger partial charge in [-0.1, -0.05) is 38.1 Å². The third-order valence-corrected chi connectivity index (χ3v) is 5.33. The smallest absolute Gasteiger partial charge is 0.269 e. The van der Waals surface area contributed by atoms with Crippen LogP contribution in [0.15, 0.2) is 60.7 Å². The van der Waals surface area contributed by atoms with E-state index in [0.29, 0.717) is 22.2 Å². The van der Waals surface area contributed by atoms with Crippen LogP contribution in [0.1, 0.15) is 34.6 Å². The summed E-state index contributed by atoms with van der Waals surface area (Å²) in [6, 6.07) is 14.8. The number of benzene rings is 3. The van der Waals surface area contributed by atoms with Gasteiger partial charge in [-0.3, -0.25) is 29.4 Å². The van der Waals surface area contributed by atoms with Crippen LogP contribution < -0.4 is 5.32 Å². The van der Waals surface area contributed by atoms with Crippen molar-refractivity contribution in [2.75, 3.05) is 5.32 Å². The number of non-ortho nitro benzene ring substituents is 1. The van der Waals surface area contributed by atoms with Crippen LogP contribution in [0.2, 0.25) is 0 Å². The molecule has 0 fully saturated rings. The summed E-state index contributed by atoms with van der Waals surface area (Å²) < 4.78 is 0. The number of hydrogen-bond acceptors (Lipinski definition) is 5. The van der Waals surface area contributed by atoms with Gasteiger partial charge >= 0.3 is 0 Å². The molecule has 0 radical (unpaired) electrons. The van der Waals surface area contributed by atoms with Crippen molar-refractivity contribution in [2.24, 2.45) is 5.92 Å². The van der Waals surface area contributed by atoms with E-state index in [1.807, 2.05) is 12.1 Å². The highest BCUT2D eigenvalue weighted by molar-refractivity contribution is 6.26. The Morgan fingerprint density at radius 2 is 1.48 bits per heavy atom. The van der Waals surface area contributed by atoms with E-state index in [2.05, 4.69) is 5.32 Å². The van der Waals surface area contributed by atoms with Gasteiger partial charge in [0, 0.05) is 34.3 Å². The van der Waals surface area contributed by atoms with Gasteiger partial charge < -0.3 is 5.32 Å². The summed E-state index contributed by atoms with van der Waals surface area (Å²) in [6.07, 6.45) is 0. The number of nitrogens with zero attached hydrogens (tertiary/aromatic N) is 2. The first kappa shape index (κ1) is 20.2. The maximum atomic E-state index is 13.3. The fourth-order valence-electron chi connectivity index (χ4n) is 3.90. The first-order valence-electron chi connectivity index (χ1n) is 9.74. The molecule has 8 nitrogen and oxygen atoms in total. The number of nitro benzene ring substituents is 1. The zero-order chi connectivity index (χ0) is 22.3. The van der Waals surface area contributed by atoms with E-state index in [0.717, 1.165) is 10.3 Å². The van der Waals surface area contributed by atoms with Crippen molar-refractivity contribution in [3.8, 4) is 0 Å². The molecule has 0 spiro atoms. The Hall–Kier alpha value is -4.07. The Balaban J connectivity index is 1.70. The van der Waals surface area contributed by atoms with E-state index < -0.39 is 28.7 Å². The molecule has 1 aliphatic rings. The largest absolute Gasteiger partial charge is 0.324 e. The number of amides is 3. The highest BCUT2D eigenvalue weighted by atomic mass is 16.6. The molecule has 3 aromatic rings. The number of carbonyl (C=O) groups is 3. The summed E-state index contributed by atoms with van der Waals surface area (Å²) in [5.74, 6) is -1.95. The lowest BCUT2D eigenvalue weighted by molar-refractivity contribution is -0.384. The first-order chi connectivity index (χ1) is 14.8. The molecule has 0 bridgehead atoms. The zero-order valence-electron chi connectivity index (χ0n) is 16.9. The lowest BCUT2D eigenvalue weighted by atomic mass is 9.91. The summed E-state index contributed by atoms with van der Waals surface area (Å²) in [4.78, 5) is 51.0. The van der Waals surface area contributed by atoms with E-state index in [1.54, 1.807) is 38.1 Å². The quantitative estimate of drug-likeness (QED) is 0.383. The lowest BCUT2D eigenvalue weighted by Gasteiger charge is -2.35. The van der Waals surface area contributed by atoms with Crippen LogP contribution in [-0.2, 0) is 4.79 Å². The van der Waals surface area contributed by atoms with E-state index in [1.165, 1.54) is 24.3 Å². The summed E-state index contributed by atoms with van der Waals surface area (Å²) in [6.45, 7) is 3.50. The second kappa shape index (κ2) is 7.64. The first-order valence-corrected chi connectivity index (χ1v) is 9.74. The highest BCUT2D eigenvalue weighted by Gasteiger charge is 2.41. The molecule has 1 N–H and O–H groups in total. The zero-order valence-corrected chi connectivity index (χ0v) is 16.9. The Morgan fingerprint density at radius 1 is 0.935 bits per heavy atom. The molecule has 3 amide bonds. The van der Waals surface area contributed by atoms with Gasteiger partial charge in [-0.15, -0.1) is 0 Å². The van der Waals surface area contributed by atoms with Crippen molar-refractivity contribution in [2.45, 2.75) is 19.9 Å². The molecule has 156 valence electrons. The molecular formula is C23H19N3O5. The van der Waals surface area contributed by atoms with Crippen LogP contribution in [0.4, 0.5) is 11.4 Å². The molecule has 1 aliphatic heterocycles. The fraction of sp³-hybridized carbons (Fsp3) is 0.174. The number of imide groups is 1. The van der Waals surface area contributed by atoms with Crippen LogP contribution in [0, 0.1) is 16.0 Å². The molecule has 0 saturated heterocycles. The second-order valence-corrected chi connectivity index (χ2v) is 7.67. The molecule has 1 atom stereocenters. The normalized spacial score (nSPS) is 14.1. The molecule has 1 unspecified atom stereocenters. The topological polar surface area (TPSA) is 110 Å². The predicted molar refractivity (Wildman–Crippen MR) is 115 cm³/mol. The average Bonchev–Trinajstić information content (AvgIpc) is 2.74. The third kappa shape index (κ3) is 3.42. The Morgan fingerprint density at radius 3 is 1.97 bits per heavy atom. The fourth-order valence-corrected chi connectivity index (χ4v) is 3.90. The number of hydrogen-bond donors (Lipinski definition) is 1. The van der Waals surface area contributed by atoms with Crippen LogP contribution >= 0.6 is 0 Å². The van der Waals surface area contributed by atoms with Crippen molar-refractivity contribution < 1.29 is 19.3 Å².